The van der Waals surface area contributed by atoms with E-state index in [2.05, 4.69) is 9.48 Å². The molecule has 0 bridgehead atoms. The van der Waals surface area contributed by atoms with E-state index in [1.807, 2.05) is 60.7 Å². The summed E-state index contributed by atoms with van der Waals surface area (Å²) in [7, 11) is 0. The maximum atomic E-state index is 13.9. The van der Waals surface area contributed by atoms with Gasteiger partial charge in [0.15, 0.2) is 16.6 Å². The van der Waals surface area contributed by atoms with Crippen molar-refractivity contribution in [3.05, 3.63) is 87.3 Å². The van der Waals surface area contributed by atoms with Gasteiger partial charge in [-0.3, -0.25) is 4.79 Å². The van der Waals surface area contributed by atoms with Crippen LogP contribution in [0.2, 0.25) is 0 Å². The maximum Gasteiger partial charge on any atom is 0.360 e. The van der Waals surface area contributed by atoms with E-state index in [1.54, 1.807) is 0 Å². The van der Waals surface area contributed by atoms with E-state index in [1.165, 1.54) is 23.1 Å². The van der Waals surface area contributed by atoms with Crippen molar-refractivity contribution in [1.82, 2.24) is 4.98 Å². The van der Waals surface area contributed by atoms with Gasteiger partial charge in [0.25, 0.3) is 0 Å². The van der Waals surface area contributed by atoms with Crippen molar-refractivity contribution in [2.75, 3.05) is 57.5 Å². The highest BCUT2D eigenvalue weighted by atomic mass is 32.2. The number of carbonyl (C=O) groups excluding carboxylic acids is 1. The van der Waals surface area contributed by atoms with Crippen LogP contribution in [0, 0.1) is 0 Å². The molecule has 10 heteroatoms. The Hall–Kier alpha value is -3.57. The van der Waals surface area contributed by atoms with Crippen LogP contribution in [0.15, 0.2) is 81.9 Å². The van der Waals surface area contributed by atoms with Gasteiger partial charge in [0, 0.05) is 47.1 Å². The van der Waals surface area contributed by atoms with Crippen LogP contribution in [0.3, 0.4) is 0 Å². The lowest BCUT2D eigenvalue weighted by Gasteiger charge is -2.31. The first-order valence-corrected chi connectivity index (χ1v) is 14.9. The Morgan fingerprint density at radius 3 is 2.17 bits per heavy atom. The van der Waals surface area contributed by atoms with Gasteiger partial charge < -0.3 is 19.5 Å². The van der Waals surface area contributed by atoms with Crippen LogP contribution in [0.1, 0.15) is 10.4 Å². The second-order valence-electron chi connectivity index (χ2n) is 9.69. The molecule has 4 aliphatic rings. The molecule has 0 saturated carbocycles. The summed E-state index contributed by atoms with van der Waals surface area (Å²) in [5.74, 6) is -0.484. The Balaban J connectivity index is 1.34. The molecular formula is C30H26N4O4S2. The molecule has 3 aliphatic heterocycles. The largest absolute Gasteiger partial charge is 0.871 e. The van der Waals surface area contributed by atoms with Crippen LogP contribution in [0.4, 0.5) is 5.13 Å². The third kappa shape index (κ3) is 4.50. The van der Waals surface area contributed by atoms with Gasteiger partial charge in [0.1, 0.15) is 13.1 Å². The second-order valence-corrected chi connectivity index (χ2v) is 11.6. The Morgan fingerprint density at radius 2 is 1.50 bits per heavy atom. The van der Waals surface area contributed by atoms with E-state index in [-0.39, 0.29) is 22.7 Å². The second kappa shape index (κ2) is 10.8. The number of benzene rings is 2. The van der Waals surface area contributed by atoms with Crippen LogP contribution in [-0.2, 0) is 14.3 Å². The first-order valence-electron chi connectivity index (χ1n) is 13.3. The molecule has 8 nitrogen and oxygen atoms in total. The van der Waals surface area contributed by atoms with Crippen molar-refractivity contribution in [3.63, 3.8) is 0 Å². The van der Waals surface area contributed by atoms with Gasteiger partial charge in [0.05, 0.1) is 41.9 Å². The van der Waals surface area contributed by atoms with Gasteiger partial charge in [-0.05, 0) is 4.99 Å². The van der Waals surface area contributed by atoms with Crippen LogP contribution in [-0.4, -0.2) is 78.8 Å². The van der Waals surface area contributed by atoms with E-state index in [0.29, 0.717) is 47.6 Å². The lowest BCUT2D eigenvalue weighted by Crippen LogP contribution is -2.36. The maximum absolute atomic E-state index is 13.9. The van der Waals surface area contributed by atoms with Crippen molar-refractivity contribution in [2.45, 2.75) is 0 Å². The highest BCUT2D eigenvalue weighted by Gasteiger charge is 2.42. The summed E-state index contributed by atoms with van der Waals surface area (Å²) in [6, 6.07) is 19.5. The number of ether oxygens (including phenoxy) is 2. The molecule has 0 atom stereocenters. The number of allylic oxidation sites excluding steroid dienone is 3. The molecule has 2 fully saturated rings. The number of thioether (sulfide) groups is 1. The number of morpholine rings is 2. The predicted octanol–water partition coefficient (Wildman–Crippen LogP) is 3.19. The summed E-state index contributed by atoms with van der Waals surface area (Å²) in [5.41, 5.74) is 3.53. The Kier molecular flexibility index (Phi) is 6.84. The third-order valence-electron chi connectivity index (χ3n) is 7.25. The quantitative estimate of drug-likeness (QED) is 0.352. The zero-order chi connectivity index (χ0) is 27.1. The molecule has 3 aromatic rings. The standard InChI is InChI=1S/C30H26N4O4S2/c35-25-21(27-23(19-7-3-1-4-8-19)31-29(39-27)33-11-15-37-16-12-33)26(36)22(25)28-24(20-9-5-2-6-10-20)32-30(40-28)34-13-17-38-18-14-34/h1-10H,11-18H2. The molecule has 1 aromatic heterocycles. The highest BCUT2D eigenvalue weighted by molar-refractivity contribution is 8.18. The molecule has 40 heavy (non-hydrogen) atoms. The van der Waals surface area contributed by atoms with Crippen molar-refractivity contribution < 1.29 is 24.0 Å². The third-order valence-corrected chi connectivity index (χ3v) is 9.52. The molecule has 4 heterocycles. The average molecular weight is 571 g/mol. The van der Waals surface area contributed by atoms with E-state index in [9.17, 15) is 9.90 Å². The van der Waals surface area contributed by atoms with Gasteiger partial charge in [0.2, 0.25) is 0 Å². The number of hydrogen-bond acceptors (Lipinski definition) is 8. The van der Waals surface area contributed by atoms with E-state index in [0.717, 1.165) is 47.6 Å². The Morgan fingerprint density at radius 1 is 0.850 bits per heavy atom. The van der Waals surface area contributed by atoms with Gasteiger partial charge in [-0.1, -0.05) is 77.8 Å². The number of hydrogen-bond donors (Lipinski definition) is 0. The molecule has 0 amide bonds. The molecule has 2 saturated heterocycles. The highest BCUT2D eigenvalue weighted by Crippen LogP contribution is 2.48. The van der Waals surface area contributed by atoms with Gasteiger partial charge >= 0.3 is 5.17 Å². The van der Waals surface area contributed by atoms with Crippen LogP contribution >= 0.6 is 23.1 Å². The van der Waals surface area contributed by atoms with Crippen molar-refractivity contribution in [3.8, 4) is 11.3 Å². The molecule has 1 aliphatic carbocycles. The minimum Gasteiger partial charge on any atom is -0.871 e. The fourth-order valence-corrected chi connectivity index (χ4v) is 7.48. The topological polar surface area (TPSA) is 90.1 Å². The van der Waals surface area contributed by atoms with Crippen molar-refractivity contribution in [2.24, 2.45) is 4.99 Å². The summed E-state index contributed by atoms with van der Waals surface area (Å²) < 4.78 is 13.2. The zero-order valence-corrected chi connectivity index (χ0v) is 23.3. The molecule has 0 unspecified atom stereocenters. The first-order chi connectivity index (χ1) is 19.7. The molecule has 2 aromatic carbocycles. The molecule has 7 rings (SSSR count). The first kappa shape index (κ1) is 25.4. The van der Waals surface area contributed by atoms with E-state index >= 15 is 0 Å². The smallest absolute Gasteiger partial charge is 0.360 e. The van der Waals surface area contributed by atoms with Crippen LogP contribution in [0.25, 0.3) is 16.8 Å². The minimum absolute atomic E-state index is 0.214. The summed E-state index contributed by atoms with van der Waals surface area (Å²) >= 11 is 2.82. The lowest BCUT2D eigenvalue weighted by atomic mass is 9.84. The number of carbonyl (C=O) groups is 1. The molecule has 0 spiro atoms. The number of thiazole rings is 1. The van der Waals surface area contributed by atoms with Crippen molar-refractivity contribution in [1.29, 1.82) is 0 Å². The van der Waals surface area contributed by atoms with Gasteiger partial charge in [-0.2, -0.15) is 0 Å². The number of Topliss-reactive ketones (excluding diaryl/α,β-unsaturated/α-hetero) is 1. The predicted molar refractivity (Wildman–Crippen MR) is 156 cm³/mol. The fraction of sp³-hybridized carbons (Fsp3) is 0.267. The summed E-state index contributed by atoms with van der Waals surface area (Å²) in [6.07, 6.45) is 0. The van der Waals surface area contributed by atoms with Gasteiger partial charge in [-0.15, -0.1) is 0 Å². The summed E-state index contributed by atoms with van der Waals surface area (Å²) in [5, 5.41) is 15.5. The van der Waals surface area contributed by atoms with Crippen LogP contribution < -0.4 is 10.0 Å². The van der Waals surface area contributed by atoms with Gasteiger partial charge in [-0.25, -0.2) is 9.56 Å². The molecular weight excluding hydrogens is 544 g/mol. The normalized spacial score (nSPS) is 21.6. The molecule has 0 N–H and O–H groups in total. The zero-order valence-electron chi connectivity index (χ0n) is 21.7. The summed E-state index contributed by atoms with van der Waals surface area (Å²) in [4.78, 5) is 27.2. The number of ketones is 1. The number of aromatic nitrogens is 1. The minimum atomic E-state index is -0.242. The lowest BCUT2D eigenvalue weighted by molar-refractivity contribution is -0.547. The SMILES string of the molecule is O=C1C(c2sc(N3CCOCC3)nc2-c2ccccc2)=C([O-])/C1=C1\SC(=[N+]2CCOCC2)N=C1c1ccccc1. The number of rotatable bonds is 4. The number of nitrogens with zero attached hydrogens (tertiary/aromatic N) is 4. The Labute approximate surface area is 240 Å². The van der Waals surface area contributed by atoms with E-state index < -0.39 is 0 Å². The Bertz CT molecular complexity index is 1590. The van der Waals surface area contributed by atoms with E-state index in [4.69, 9.17) is 19.5 Å². The average Bonchev–Trinajstić information content (AvgIpc) is 3.65. The number of anilines is 1. The molecule has 202 valence electrons. The fourth-order valence-electron chi connectivity index (χ4n) is 5.13. The number of amidine groups is 1. The monoisotopic (exact) mass is 570 g/mol. The number of aliphatic imine (C=N–C) groups is 1. The molecule has 0 radical (unpaired) electrons. The van der Waals surface area contributed by atoms with Crippen molar-refractivity contribution >= 4 is 50.5 Å². The summed E-state index contributed by atoms with van der Waals surface area (Å²) in [6.45, 7) is 5.40. The van der Waals surface area contributed by atoms with Crippen LogP contribution in [0.5, 0.6) is 0 Å².